The second-order valence-electron chi connectivity index (χ2n) is 6.50. The van der Waals surface area contributed by atoms with E-state index in [-0.39, 0.29) is 24.2 Å². The van der Waals surface area contributed by atoms with Crippen molar-refractivity contribution in [1.82, 2.24) is 15.0 Å². The van der Waals surface area contributed by atoms with Gasteiger partial charge in [0.1, 0.15) is 18.0 Å². The first-order valence-corrected chi connectivity index (χ1v) is 8.60. The summed E-state index contributed by atoms with van der Waals surface area (Å²) in [6.45, 7) is 3.38. The van der Waals surface area contributed by atoms with Crippen LogP contribution in [0.15, 0.2) is 35.0 Å². The van der Waals surface area contributed by atoms with E-state index >= 15 is 0 Å². The Bertz CT molecular complexity index is 733. The van der Waals surface area contributed by atoms with Gasteiger partial charge in [-0.1, -0.05) is 11.2 Å². The van der Waals surface area contributed by atoms with Crippen LogP contribution >= 0.6 is 0 Å². The lowest BCUT2D eigenvalue weighted by molar-refractivity contribution is -0.0814. The molecule has 2 aromatic rings. The molecule has 2 fully saturated rings. The van der Waals surface area contributed by atoms with Gasteiger partial charge in [-0.3, -0.25) is 9.78 Å². The van der Waals surface area contributed by atoms with Crippen LogP contribution in [-0.4, -0.2) is 52.3 Å². The third kappa shape index (κ3) is 3.29. The Morgan fingerprint density at radius 3 is 3.12 bits per heavy atom. The van der Waals surface area contributed by atoms with Crippen molar-refractivity contribution < 1.29 is 18.8 Å². The van der Waals surface area contributed by atoms with Crippen LogP contribution in [-0.2, 0) is 16.1 Å². The Kier molecular flexibility index (Phi) is 4.50. The van der Waals surface area contributed by atoms with Crippen LogP contribution in [0.2, 0.25) is 0 Å². The van der Waals surface area contributed by atoms with Gasteiger partial charge in [-0.2, -0.15) is 0 Å². The third-order valence-corrected chi connectivity index (χ3v) is 4.76. The van der Waals surface area contributed by atoms with Gasteiger partial charge in [0, 0.05) is 18.9 Å². The highest BCUT2D eigenvalue weighted by Crippen LogP contribution is 2.32. The minimum Gasteiger partial charge on any atom is -0.373 e. The minimum absolute atomic E-state index is 0.0204. The Balaban J connectivity index is 1.48. The quantitative estimate of drug-likeness (QED) is 0.845. The predicted octanol–water partition coefficient (Wildman–Crippen LogP) is 1.97. The minimum atomic E-state index is -0.163. The fourth-order valence-corrected chi connectivity index (χ4v) is 3.58. The molecule has 7 nitrogen and oxygen atoms in total. The first-order chi connectivity index (χ1) is 12.2. The highest BCUT2D eigenvalue weighted by Gasteiger charge is 2.47. The number of aromatic nitrogens is 2. The number of hydrogen-bond donors (Lipinski definition) is 0. The van der Waals surface area contributed by atoms with Gasteiger partial charge in [-0.25, -0.2) is 0 Å². The number of ether oxygens (including phenoxy) is 2. The van der Waals surface area contributed by atoms with Crippen molar-refractivity contribution in [2.45, 2.75) is 44.6 Å². The summed E-state index contributed by atoms with van der Waals surface area (Å²) in [7, 11) is 0. The predicted molar refractivity (Wildman–Crippen MR) is 87.9 cm³/mol. The van der Waals surface area contributed by atoms with E-state index in [0.29, 0.717) is 31.2 Å². The number of hydrogen-bond acceptors (Lipinski definition) is 6. The fraction of sp³-hybridized carbons (Fsp3) is 0.500. The first-order valence-electron chi connectivity index (χ1n) is 8.60. The highest BCUT2D eigenvalue weighted by atomic mass is 16.5. The standard InChI is InChI=1S/C18H21N3O4/c1-12-9-14(20-25-12)18(22)21-10-16(17-15(21)6-4-8-23-17)24-11-13-5-2-3-7-19-13/h2-3,5,7,9,15-17H,4,6,8,10-11H2,1H3/t15-,16+,17+/m1/s1. The molecule has 0 aromatic carbocycles. The van der Waals surface area contributed by atoms with Crippen molar-refractivity contribution in [3.05, 3.63) is 47.6 Å². The second-order valence-corrected chi connectivity index (χ2v) is 6.50. The summed E-state index contributed by atoms with van der Waals surface area (Å²) in [5.41, 5.74) is 1.21. The molecule has 0 unspecified atom stereocenters. The molecule has 2 saturated heterocycles. The van der Waals surface area contributed by atoms with Gasteiger partial charge >= 0.3 is 0 Å². The van der Waals surface area contributed by atoms with Gasteiger partial charge in [0.2, 0.25) is 0 Å². The molecule has 4 heterocycles. The number of carbonyl (C=O) groups excluding carboxylic acids is 1. The van der Waals surface area contributed by atoms with Crippen LogP contribution in [0.4, 0.5) is 0 Å². The lowest BCUT2D eigenvalue weighted by Gasteiger charge is -2.31. The molecule has 0 spiro atoms. The van der Waals surface area contributed by atoms with Crippen molar-refractivity contribution in [3.8, 4) is 0 Å². The molecule has 1 amide bonds. The van der Waals surface area contributed by atoms with Crippen molar-refractivity contribution in [2.24, 2.45) is 0 Å². The Labute approximate surface area is 145 Å². The van der Waals surface area contributed by atoms with Crippen molar-refractivity contribution >= 4 is 5.91 Å². The zero-order valence-electron chi connectivity index (χ0n) is 14.1. The van der Waals surface area contributed by atoms with Crippen molar-refractivity contribution in [1.29, 1.82) is 0 Å². The number of amides is 1. The molecule has 7 heteroatoms. The summed E-state index contributed by atoms with van der Waals surface area (Å²) in [6, 6.07) is 7.42. The summed E-state index contributed by atoms with van der Waals surface area (Å²) in [5.74, 6) is 0.503. The maximum absolute atomic E-state index is 12.8. The molecule has 4 rings (SSSR count). The zero-order chi connectivity index (χ0) is 17.2. The lowest BCUT2D eigenvalue weighted by atomic mass is 10.0. The molecular formula is C18H21N3O4. The lowest BCUT2D eigenvalue weighted by Crippen LogP contribution is -2.44. The average molecular weight is 343 g/mol. The number of rotatable bonds is 4. The first kappa shape index (κ1) is 16.2. The Morgan fingerprint density at radius 2 is 2.36 bits per heavy atom. The molecular weight excluding hydrogens is 322 g/mol. The maximum Gasteiger partial charge on any atom is 0.276 e. The van der Waals surface area contributed by atoms with Crippen LogP contribution in [0.25, 0.3) is 0 Å². The Hall–Kier alpha value is -2.25. The van der Waals surface area contributed by atoms with E-state index in [1.807, 2.05) is 23.1 Å². The molecule has 2 aliphatic heterocycles. The summed E-state index contributed by atoms with van der Waals surface area (Å²) < 4.78 is 17.0. The van der Waals surface area contributed by atoms with Crippen molar-refractivity contribution in [2.75, 3.05) is 13.2 Å². The van der Waals surface area contributed by atoms with Crippen LogP contribution in [0.1, 0.15) is 34.8 Å². The summed E-state index contributed by atoms with van der Waals surface area (Å²) in [5, 5.41) is 3.86. The highest BCUT2D eigenvalue weighted by molar-refractivity contribution is 5.92. The number of nitrogens with zero attached hydrogens (tertiary/aromatic N) is 3. The zero-order valence-corrected chi connectivity index (χ0v) is 14.1. The second kappa shape index (κ2) is 6.93. The molecule has 2 aromatic heterocycles. The van der Waals surface area contributed by atoms with Gasteiger partial charge in [-0.05, 0) is 31.9 Å². The van der Waals surface area contributed by atoms with Crippen LogP contribution in [0.3, 0.4) is 0 Å². The fourth-order valence-electron chi connectivity index (χ4n) is 3.58. The van der Waals surface area contributed by atoms with Crippen LogP contribution in [0, 0.1) is 6.92 Å². The summed E-state index contributed by atoms with van der Waals surface area (Å²) in [4.78, 5) is 18.9. The molecule has 2 aliphatic rings. The molecule has 132 valence electrons. The average Bonchev–Trinajstić information content (AvgIpc) is 3.24. The number of pyridine rings is 1. The van der Waals surface area contributed by atoms with Crippen LogP contribution < -0.4 is 0 Å². The van der Waals surface area contributed by atoms with E-state index in [1.165, 1.54) is 0 Å². The summed E-state index contributed by atoms with van der Waals surface area (Å²) in [6.07, 6.45) is 3.33. The molecule has 3 atom stereocenters. The SMILES string of the molecule is Cc1cc(C(=O)N2C[C@H](OCc3ccccn3)[C@H]3OCCC[C@H]32)no1. The Morgan fingerprint density at radius 1 is 1.44 bits per heavy atom. The monoisotopic (exact) mass is 343 g/mol. The van der Waals surface area contributed by atoms with E-state index in [0.717, 1.165) is 18.5 Å². The van der Waals surface area contributed by atoms with E-state index in [9.17, 15) is 4.79 Å². The van der Waals surface area contributed by atoms with Gasteiger partial charge in [0.05, 0.1) is 24.9 Å². The van der Waals surface area contributed by atoms with Crippen LogP contribution in [0.5, 0.6) is 0 Å². The van der Waals surface area contributed by atoms with E-state index in [2.05, 4.69) is 10.1 Å². The van der Waals surface area contributed by atoms with E-state index in [1.54, 1.807) is 19.2 Å². The number of fused-ring (bicyclic) bond motifs is 1. The molecule has 0 aliphatic carbocycles. The molecule has 0 radical (unpaired) electrons. The van der Waals surface area contributed by atoms with Gasteiger partial charge in [0.25, 0.3) is 5.91 Å². The number of likely N-dealkylation sites (tertiary alicyclic amines) is 1. The van der Waals surface area contributed by atoms with Gasteiger partial charge in [-0.15, -0.1) is 0 Å². The number of aryl methyl sites for hydroxylation is 1. The molecule has 0 bridgehead atoms. The molecule has 0 saturated carbocycles. The van der Waals surface area contributed by atoms with E-state index < -0.39 is 0 Å². The van der Waals surface area contributed by atoms with Crippen molar-refractivity contribution in [3.63, 3.8) is 0 Å². The summed E-state index contributed by atoms with van der Waals surface area (Å²) >= 11 is 0. The normalized spacial score (nSPS) is 25.8. The van der Waals surface area contributed by atoms with E-state index in [4.69, 9.17) is 14.0 Å². The van der Waals surface area contributed by atoms with Gasteiger partial charge in [0.15, 0.2) is 5.69 Å². The molecule has 25 heavy (non-hydrogen) atoms. The molecule has 0 N–H and O–H groups in total. The largest absolute Gasteiger partial charge is 0.373 e. The topological polar surface area (TPSA) is 77.7 Å². The number of carbonyl (C=O) groups is 1. The third-order valence-electron chi connectivity index (χ3n) is 4.76. The maximum atomic E-state index is 12.8. The smallest absolute Gasteiger partial charge is 0.276 e. The van der Waals surface area contributed by atoms with Gasteiger partial charge < -0.3 is 18.9 Å².